The molecular formula is C16H16Cl2N2O3S. The highest BCUT2D eigenvalue weighted by atomic mass is 35.5. The summed E-state index contributed by atoms with van der Waals surface area (Å²) in [6.45, 7) is 3.23. The third-order valence-electron chi connectivity index (χ3n) is 3.37. The quantitative estimate of drug-likeness (QED) is 0.823. The topological polar surface area (TPSA) is 75.3 Å². The molecule has 0 saturated heterocycles. The monoisotopic (exact) mass is 386 g/mol. The van der Waals surface area contributed by atoms with Gasteiger partial charge in [-0.05, 0) is 55.8 Å². The van der Waals surface area contributed by atoms with Crippen LogP contribution in [0.15, 0.2) is 47.4 Å². The van der Waals surface area contributed by atoms with E-state index in [2.05, 4.69) is 10.0 Å². The molecule has 0 fully saturated rings. The number of sulfonamides is 1. The number of amides is 1. The van der Waals surface area contributed by atoms with Crippen molar-refractivity contribution in [3.63, 3.8) is 0 Å². The second-order valence-electron chi connectivity index (χ2n) is 5.20. The van der Waals surface area contributed by atoms with Gasteiger partial charge < -0.3 is 5.32 Å². The average molecular weight is 387 g/mol. The van der Waals surface area contributed by atoms with E-state index in [4.69, 9.17) is 23.2 Å². The Morgan fingerprint density at radius 3 is 2.33 bits per heavy atom. The first kappa shape index (κ1) is 18.7. The lowest BCUT2D eigenvalue weighted by Crippen LogP contribution is -2.41. The maximum absolute atomic E-state index is 12.3. The predicted molar refractivity (Wildman–Crippen MR) is 96.1 cm³/mol. The Labute approximate surface area is 151 Å². The van der Waals surface area contributed by atoms with Crippen molar-refractivity contribution in [3.8, 4) is 0 Å². The highest BCUT2D eigenvalue weighted by molar-refractivity contribution is 7.89. The van der Waals surface area contributed by atoms with Crippen LogP contribution in [0.3, 0.4) is 0 Å². The number of carbonyl (C=O) groups excluding carboxylic acids is 1. The van der Waals surface area contributed by atoms with Crippen LogP contribution in [0.1, 0.15) is 12.5 Å². The molecule has 24 heavy (non-hydrogen) atoms. The van der Waals surface area contributed by atoms with Gasteiger partial charge in [0.15, 0.2) is 0 Å². The maximum Gasteiger partial charge on any atom is 0.242 e. The van der Waals surface area contributed by atoms with Crippen molar-refractivity contribution in [1.82, 2.24) is 4.72 Å². The summed E-state index contributed by atoms with van der Waals surface area (Å²) >= 11 is 11.7. The molecular weight excluding hydrogens is 371 g/mol. The van der Waals surface area contributed by atoms with Crippen LogP contribution in [0.5, 0.6) is 0 Å². The Balaban J connectivity index is 2.11. The first-order valence-electron chi connectivity index (χ1n) is 7.04. The molecule has 5 nitrogen and oxygen atoms in total. The van der Waals surface area contributed by atoms with E-state index < -0.39 is 22.0 Å². The molecule has 0 spiro atoms. The van der Waals surface area contributed by atoms with E-state index >= 15 is 0 Å². The number of halogens is 2. The molecule has 0 saturated carbocycles. The third kappa shape index (κ3) is 4.48. The molecule has 0 radical (unpaired) electrons. The van der Waals surface area contributed by atoms with Gasteiger partial charge in [0.1, 0.15) is 0 Å². The van der Waals surface area contributed by atoms with Crippen molar-refractivity contribution in [1.29, 1.82) is 0 Å². The maximum atomic E-state index is 12.3. The minimum absolute atomic E-state index is 0.0329. The SMILES string of the molecule is Cc1c(Cl)cccc1NC(=O)C(C)NS(=O)(=O)c1ccc(Cl)cc1. The van der Waals surface area contributed by atoms with Crippen molar-refractivity contribution >= 4 is 44.8 Å². The van der Waals surface area contributed by atoms with E-state index in [9.17, 15) is 13.2 Å². The molecule has 2 N–H and O–H groups in total. The molecule has 0 aromatic heterocycles. The first-order chi connectivity index (χ1) is 11.2. The zero-order valence-corrected chi connectivity index (χ0v) is 15.3. The molecule has 1 amide bonds. The smallest absolute Gasteiger partial charge is 0.242 e. The lowest BCUT2D eigenvalue weighted by Gasteiger charge is -2.16. The van der Waals surface area contributed by atoms with Gasteiger partial charge in [0.2, 0.25) is 15.9 Å². The fourth-order valence-electron chi connectivity index (χ4n) is 1.95. The predicted octanol–water partition coefficient (Wildman–Crippen LogP) is 3.61. The standard InChI is InChI=1S/C16H16Cl2N2O3S/c1-10-14(18)4-3-5-15(10)19-16(21)11(2)20-24(22,23)13-8-6-12(17)7-9-13/h3-9,11,20H,1-2H3,(H,19,21). The van der Waals surface area contributed by atoms with Crippen LogP contribution in [0.25, 0.3) is 0 Å². The second-order valence-corrected chi connectivity index (χ2v) is 7.76. The van der Waals surface area contributed by atoms with Gasteiger partial charge in [0.25, 0.3) is 0 Å². The first-order valence-corrected chi connectivity index (χ1v) is 9.28. The lowest BCUT2D eigenvalue weighted by atomic mass is 10.2. The number of carbonyl (C=O) groups is 1. The molecule has 0 aliphatic carbocycles. The van der Waals surface area contributed by atoms with Crippen molar-refractivity contribution in [3.05, 3.63) is 58.1 Å². The van der Waals surface area contributed by atoms with Crippen molar-refractivity contribution in [2.45, 2.75) is 24.8 Å². The normalized spacial score (nSPS) is 12.7. The molecule has 1 unspecified atom stereocenters. The van der Waals surface area contributed by atoms with Gasteiger partial charge in [-0.2, -0.15) is 4.72 Å². The van der Waals surface area contributed by atoms with E-state index in [1.165, 1.54) is 31.2 Å². The summed E-state index contributed by atoms with van der Waals surface area (Å²) in [4.78, 5) is 12.3. The Bertz CT molecular complexity index is 852. The minimum atomic E-state index is -3.83. The Hall–Kier alpha value is -1.60. The van der Waals surface area contributed by atoms with Gasteiger partial charge >= 0.3 is 0 Å². The molecule has 0 bridgehead atoms. The lowest BCUT2D eigenvalue weighted by molar-refractivity contribution is -0.117. The zero-order chi connectivity index (χ0) is 17.9. The molecule has 8 heteroatoms. The van der Waals surface area contributed by atoms with Crippen molar-refractivity contribution < 1.29 is 13.2 Å². The number of benzene rings is 2. The van der Waals surface area contributed by atoms with Crippen molar-refractivity contribution in [2.24, 2.45) is 0 Å². The van der Waals surface area contributed by atoms with Gasteiger partial charge in [-0.25, -0.2) is 8.42 Å². The van der Waals surface area contributed by atoms with Gasteiger partial charge in [-0.1, -0.05) is 29.3 Å². The number of hydrogen-bond acceptors (Lipinski definition) is 3. The van der Waals surface area contributed by atoms with Gasteiger partial charge in [-0.15, -0.1) is 0 Å². The molecule has 2 aromatic carbocycles. The average Bonchev–Trinajstić information content (AvgIpc) is 2.51. The van der Waals surface area contributed by atoms with Crippen molar-refractivity contribution in [2.75, 3.05) is 5.32 Å². The molecule has 0 aliphatic rings. The molecule has 0 aliphatic heterocycles. The van der Waals surface area contributed by atoms with Crippen LogP contribution in [0, 0.1) is 6.92 Å². The summed E-state index contributed by atoms with van der Waals surface area (Å²) in [5.74, 6) is -0.488. The number of rotatable bonds is 5. The highest BCUT2D eigenvalue weighted by Crippen LogP contribution is 2.23. The Morgan fingerprint density at radius 1 is 1.08 bits per heavy atom. The zero-order valence-electron chi connectivity index (χ0n) is 13.0. The largest absolute Gasteiger partial charge is 0.324 e. The van der Waals surface area contributed by atoms with Crippen LogP contribution < -0.4 is 10.0 Å². The molecule has 0 heterocycles. The number of hydrogen-bond donors (Lipinski definition) is 2. The van der Waals surface area contributed by atoms with Gasteiger partial charge in [-0.3, -0.25) is 4.79 Å². The molecule has 1 atom stereocenters. The summed E-state index contributed by atoms with van der Waals surface area (Å²) in [5, 5.41) is 3.61. The summed E-state index contributed by atoms with van der Waals surface area (Å²) < 4.78 is 26.9. The number of anilines is 1. The third-order valence-corrected chi connectivity index (χ3v) is 5.59. The van der Waals surface area contributed by atoms with Crippen LogP contribution in [-0.2, 0) is 14.8 Å². The highest BCUT2D eigenvalue weighted by Gasteiger charge is 2.22. The molecule has 128 valence electrons. The van der Waals surface area contributed by atoms with E-state index in [-0.39, 0.29) is 4.90 Å². The summed E-state index contributed by atoms with van der Waals surface area (Å²) in [7, 11) is -3.83. The molecule has 2 rings (SSSR count). The van der Waals surface area contributed by atoms with Crippen LogP contribution in [0.2, 0.25) is 10.0 Å². The Kier molecular flexibility index (Phi) is 5.87. The molecule has 2 aromatic rings. The van der Waals surface area contributed by atoms with Crippen LogP contribution in [-0.4, -0.2) is 20.4 Å². The van der Waals surface area contributed by atoms with Gasteiger partial charge in [0.05, 0.1) is 10.9 Å². The van der Waals surface area contributed by atoms with Crippen LogP contribution >= 0.6 is 23.2 Å². The fraction of sp³-hybridized carbons (Fsp3) is 0.188. The fourth-order valence-corrected chi connectivity index (χ4v) is 3.46. The van der Waals surface area contributed by atoms with E-state index in [1.807, 2.05) is 0 Å². The summed E-state index contributed by atoms with van der Waals surface area (Å²) in [5.41, 5.74) is 1.24. The van der Waals surface area contributed by atoms with Gasteiger partial charge in [0, 0.05) is 15.7 Å². The van der Waals surface area contributed by atoms with Crippen LogP contribution in [0.4, 0.5) is 5.69 Å². The van der Waals surface area contributed by atoms with E-state index in [0.717, 1.165) is 0 Å². The minimum Gasteiger partial charge on any atom is -0.324 e. The van der Waals surface area contributed by atoms with E-state index in [0.29, 0.717) is 21.3 Å². The second kappa shape index (κ2) is 7.53. The van der Waals surface area contributed by atoms with E-state index in [1.54, 1.807) is 25.1 Å². The number of nitrogens with one attached hydrogen (secondary N) is 2. The summed E-state index contributed by atoms with van der Waals surface area (Å²) in [6.07, 6.45) is 0. The summed E-state index contributed by atoms with van der Waals surface area (Å²) in [6, 6.07) is 9.81. The Morgan fingerprint density at radius 2 is 1.71 bits per heavy atom.